The molecule has 0 aromatic rings. The first kappa shape index (κ1) is 90.5. The number of ether oxygens (including phenoxy) is 4. The zero-order valence-electron chi connectivity index (χ0n) is 60.2. The van der Waals surface area contributed by atoms with Crippen molar-refractivity contribution in [2.24, 2.45) is 17.8 Å². The monoisotopic (exact) mass is 1360 g/mol. The van der Waals surface area contributed by atoms with Gasteiger partial charge in [0.2, 0.25) is 0 Å². The number of hydrogen-bond donors (Lipinski definition) is 3. The number of rotatable bonds is 70. The summed E-state index contributed by atoms with van der Waals surface area (Å²) in [6.45, 7) is 11.7. The van der Waals surface area contributed by atoms with Crippen LogP contribution in [0.4, 0.5) is 0 Å². The third-order valence-electron chi connectivity index (χ3n) is 16.5. The van der Waals surface area contributed by atoms with Crippen molar-refractivity contribution in [3.63, 3.8) is 0 Å². The predicted octanol–water partition coefficient (Wildman–Crippen LogP) is 21.0. The van der Waals surface area contributed by atoms with Crippen molar-refractivity contribution >= 4 is 39.5 Å². The summed E-state index contributed by atoms with van der Waals surface area (Å²) in [4.78, 5) is 72.7. The van der Waals surface area contributed by atoms with E-state index in [0.29, 0.717) is 31.6 Å². The molecule has 548 valence electrons. The molecule has 0 amide bonds. The van der Waals surface area contributed by atoms with E-state index in [0.717, 1.165) is 121 Å². The molecule has 0 rings (SSSR count). The van der Waals surface area contributed by atoms with Crippen LogP contribution < -0.4 is 0 Å². The molecule has 0 radical (unpaired) electrons. The molecule has 17 nitrogen and oxygen atoms in total. The second-order valence-corrected chi connectivity index (χ2v) is 30.3. The molecule has 0 aliphatic rings. The molecular formula is C74H140O17P2. The van der Waals surface area contributed by atoms with E-state index >= 15 is 0 Å². The summed E-state index contributed by atoms with van der Waals surface area (Å²) in [7, 11) is -9.92. The van der Waals surface area contributed by atoms with Crippen LogP contribution >= 0.6 is 15.6 Å². The summed E-state index contributed by atoms with van der Waals surface area (Å²) < 4.78 is 68.4. The highest BCUT2D eigenvalue weighted by atomic mass is 31.2. The minimum Gasteiger partial charge on any atom is -0.462 e. The molecule has 0 bridgehead atoms. The number of carbonyl (C=O) groups excluding carboxylic acids is 4. The zero-order valence-corrected chi connectivity index (χ0v) is 62.0. The fraction of sp³-hybridized carbons (Fsp3) is 0.892. The number of carbonyl (C=O) groups is 4. The number of aliphatic hydroxyl groups excluding tert-OH is 1. The highest BCUT2D eigenvalue weighted by molar-refractivity contribution is 7.47. The quantitative estimate of drug-likeness (QED) is 0.0169. The SMILES string of the molecule is CCCCCC/C=C\C=C/CCCCCCCC(=O)O[C@H](COC(=O)CCCCCCCCCCCCCCC(C)C)COP(=O)(O)OC[C@@H](O)COP(=O)(O)OC[C@@H](COC(=O)CCCCCCCCC(C)C)OC(=O)CCCCCCCCCCCCCC(C)C. The van der Waals surface area contributed by atoms with Crippen LogP contribution in [-0.2, 0) is 65.4 Å². The standard InChI is InChI=1S/C74H140O17P2/c1-8-9-10-11-12-13-14-15-16-17-24-29-34-43-50-57-73(78)90-69(61-84-71(76)55-48-41-33-28-23-19-18-21-26-31-38-45-52-65(2)3)63-88-92(80,81)86-59-68(75)60-87-93(82,83)89-64-70(62-85-72(77)56-49-42-37-36-40-47-54-67(6)7)91-74(79)58-51-44-35-30-25-20-22-27-32-39-46-53-66(4)5/h13-16,65-70,75H,8-12,17-64H2,1-7H3,(H,80,81)(H,82,83)/b14-13-,16-15-/t68-,69-,70-/m1/s1. The number of phosphoric acid groups is 2. The lowest BCUT2D eigenvalue weighted by Crippen LogP contribution is -2.30. The van der Waals surface area contributed by atoms with Gasteiger partial charge in [0.15, 0.2) is 12.2 Å². The molecule has 0 spiro atoms. The Hall–Kier alpha value is -2.46. The summed E-state index contributed by atoms with van der Waals surface area (Å²) in [6, 6.07) is 0. The molecule has 0 aliphatic heterocycles. The highest BCUT2D eigenvalue weighted by Crippen LogP contribution is 2.45. The van der Waals surface area contributed by atoms with E-state index in [2.05, 4.69) is 72.8 Å². The van der Waals surface area contributed by atoms with Gasteiger partial charge >= 0.3 is 39.5 Å². The second kappa shape index (κ2) is 64.2. The Bertz CT molecular complexity index is 1910. The first-order valence-electron chi connectivity index (χ1n) is 37.7. The van der Waals surface area contributed by atoms with E-state index in [1.54, 1.807) is 0 Å². The maximum Gasteiger partial charge on any atom is 0.472 e. The van der Waals surface area contributed by atoms with Crippen LogP contribution in [0.3, 0.4) is 0 Å². The lowest BCUT2D eigenvalue weighted by molar-refractivity contribution is -0.161. The Balaban J connectivity index is 5.28. The van der Waals surface area contributed by atoms with E-state index < -0.39 is 97.5 Å². The van der Waals surface area contributed by atoms with Crippen molar-refractivity contribution in [1.82, 2.24) is 0 Å². The van der Waals surface area contributed by atoms with Gasteiger partial charge in [-0.15, -0.1) is 0 Å². The molecule has 0 aromatic carbocycles. The summed E-state index contributed by atoms with van der Waals surface area (Å²) in [5.74, 6) is 0.0679. The van der Waals surface area contributed by atoms with Crippen molar-refractivity contribution in [1.29, 1.82) is 0 Å². The van der Waals surface area contributed by atoms with Gasteiger partial charge in [-0.05, 0) is 69.1 Å². The van der Waals surface area contributed by atoms with Crippen LogP contribution in [0.1, 0.15) is 350 Å². The van der Waals surface area contributed by atoms with Crippen LogP contribution in [0.5, 0.6) is 0 Å². The molecule has 0 saturated heterocycles. The normalized spacial score (nSPS) is 14.3. The number of hydrogen-bond acceptors (Lipinski definition) is 15. The average molecular weight is 1360 g/mol. The number of allylic oxidation sites excluding steroid dienone is 4. The predicted molar refractivity (Wildman–Crippen MR) is 377 cm³/mol. The number of phosphoric ester groups is 2. The summed E-state index contributed by atoms with van der Waals surface area (Å²) in [5.41, 5.74) is 0. The molecular weight excluding hydrogens is 1220 g/mol. The minimum absolute atomic E-state index is 0.0846. The lowest BCUT2D eigenvalue weighted by Gasteiger charge is -2.21. The lowest BCUT2D eigenvalue weighted by atomic mass is 10.0. The van der Waals surface area contributed by atoms with Gasteiger partial charge in [-0.2, -0.15) is 0 Å². The van der Waals surface area contributed by atoms with E-state index in [1.165, 1.54) is 141 Å². The molecule has 2 unspecified atom stereocenters. The van der Waals surface area contributed by atoms with Crippen LogP contribution in [0, 0.1) is 17.8 Å². The van der Waals surface area contributed by atoms with Crippen molar-refractivity contribution in [3.05, 3.63) is 24.3 Å². The molecule has 0 heterocycles. The van der Waals surface area contributed by atoms with Gasteiger partial charge in [-0.25, -0.2) is 9.13 Å². The Morgan fingerprint density at radius 1 is 0.333 bits per heavy atom. The third-order valence-corrected chi connectivity index (χ3v) is 18.4. The maximum absolute atomic E-state index is 13.1. The molecule has 0 fully saturated rings. The van der Waals surface area contributed by atoms with Crippen LogP contribution in [-0.4, -0.2) is 96.7 Å². The summed E-state index contributed by atoms with van der Waals surface area (Å²) in [5, 5.41) is 10.6. The van der Waals surface area contributed by atoms with E-state index in [-0.39, 0.29) is 25.7 Å². The van der Waals surface area contributed by atoms with E-state index in [4.69, 9.17) is 37.0 Å². The van der Waals surface area contributed by atoms with Gasteiger partial charge < -0.3 is 33.8 Å². The third kappa shape index (κ3) is 67.9. The molecule has 93 heavy (non-hydrogen) atoms. The highest BCUT2D eigenvalue weighted by Gasteiger charge is 2.30. The smallest absolute Gasteiger partial charge is 0.462 e. The van der Waals surface area contributed by atoms with Gasteiger partial charge in [-0.3, -0.25) is 37.3 Å². The Labute approximate surface area is 567 Å². The van der Waals surface area contributed by atoms with Crippen molar-refractivity contribution < 1.29 is 80.2 Å². The maximum atomic E-state index is 13.1. The Morgan fingerprint density at radius 3 is 0.871 bits per heavy atom. The van der Waals surface area contributed by atoms with Gasteiger partial charge in [0.05, 0.1) is 26.4 Å². The number of aliphatic hydroxyl groups is 1. The second-order valence-electron chi connectivity index (χ2n) is 27.4. The first-order chi connectivity index (χ1) is 44.7. The summed E-state index contributed by atoms with van der Waals surface area (Å²) >= 11 is 0. The largest absolute Gasteiger partial charge is 0.472 e. The topological polar surface area (TPSA) is 237 Å². The van der Waals surface area contributed by atoms with Crippen LogP contribution in [0.15, 0.2) is 24.3 Å². The first-order valence-corrected chi connectivity index (χ1v) is 40.7. The fourth-order valence-corrected chi connectivity index (χ4v) is 12.3. The van der Waals surface area contributed by atoms with E-state index in [1.807, 2.05) is 0 Å². The van der Waals surface area contributed by atoms with Crippen molar-refractivity contribution in [2.75, 3.05) is 39.6 Å². The molecule has 5 atom stereocenters. The van der Waals surface area contributed by atoms with Gasteiger partial charge in [0, 0.05) is 25.7 Å². The van der Waals surface area contributed by atoms with Gasteiger partial charge in [0.25, 0.3) is 0 Å². The van der Waals surface area contributed by atoms with Gasteiger partial charge in [0.1, 0.15) is 19.3 Å². The van der Waals surface area contributed by atoms with Gasteiger partial charge in [-0.1, -0.05) is 297 Å². The Kier molecular flexibility index (Phi) is 62.5. The average Bonchev–Trinajstić information content (AvgIpc) is 1.98. The van der Waals surface area contributed by atoms with Crippen molar-refractivity contribution in [2.45, 2.75) is 369 Å². The molecule has 0 aliphatic carbocycles. The van der Waals surface area contributed by atoms with Crippen LogP contribution in [0.2, 0.25) is 0 Å². The number of esters is 4. The summed E-state index contributed by atoms with van der Waals surface area (Å²) in [6.07, 6.45) is 52.3. The molecule has 0 saturated carbocycles. The molecule has 0 aromatic heterocycles. The number of unbranched alkanes of at least 4 members (excludes halogenated alkanes) is 35. The molecule has 3 N–H and O–H groups in total. The minimum atomic E-state index is -4.96. The fourth-order valence-electron chi connectivity index (χ4n) is 10.7. The van der Waals surface area contributed by atoms with Crippen molar-refractivity contribution in [3.8, 4) is 0 Å². The van der Waals surface area contributed by atoms with E-state index in [9.17, 15) is 43.2 Å². The Morgan fingerprint density at radius 2 is 0.581 bits per heavy atom. The zero-order chi connectivity index (χ0) is 68.7. The molecule has 19 heteroatoms. The van der Waals surface area contributed by atoms with Crippen LogP contribution in [0.25, 0.3) is 0 Å².